The van der Waals surface area contributed by atoms with Crippen LogP contribution in [-0.4, -0.2) is 19.3 Å². The third kappa shape index (κ3) is 5.31. The summed E-state index contributed by atoms with van der Waals surface area (Å²) in [6, 6.07) is 6.10. The molecule has 1 rings (SSSR count). The zero-order chi connectivity index (χ0) is 14.5. The van der Waals surface area contributed by atoms with Crippen molar-refractivity contribution in [2.24, 2.45) is 0 Å². The summed E-state index contributed by atoms with van der Waals surface area (Å²) in [6.07, 6.45) is 1.97. The molecule has 0 heterocycles. The standard InChI is InChI=1S/C15H23Cl2NO/c1-5-18-14(8-9-15(2,3)19-4)11-6-7-12(16)13(17)10-11/h6-7,10,14,18H,5,8-9H2,1-4H3. The van der Waals surface area contributed by atoms with E-state index in [-0.39, 0.29) is 11.6 Å². The first-order valence-corrected chi connectivity index (χ1v) is 7.38. The first-order valence-electron chi connectivity index (χ1n) is 6.63. The molecular formula is C15H23Cl2NO. The van der Waals surface area contributed by atoms with Gasteiger partial charge in [0.2, 0.25) is 0 Å². The summed E-state index contributed by atoms with van der Waals surface area (Å²) in [7, 11) is 1.75. The fourth-order valence-corrected chi connectivity index (χ4v) is 2.26. The minimum atomic E-state index is -0.107. The average molecular weight is 304 g/mol. The van der Waals surface area contributed by atoms with Crippen LogP contribution < -0.4 is 5.32 Å². The Kier molecular flexibility index (Phi) is 6.61. The normalized spacial score (nSPS) is 13.6. The van der Waals surface area contributed by atoms with Gasteiger partial charge in [0.1, 0.15) is 0 Å². The molecule has 2 nitrogen and oxygen atoms in total. The monoisotopic (exact) mass is 303 g/mol. The number of hydrogen-bond donors (Lipinski definition) is 1. The fourth-order valence-electron chi connectivity index (χ4n) is 1.96. The summed E-state index contributed by atoms with van der Waals surface area (Å²) in [6.45, 7) is 7.22. The molecule has 0 bridgehead atoms. The fraction of sp³-hybridized carbons (Fsp3) is 0.600. The van der Waals surface area contributed by atoms with Crippen LogP contribution in [0.2, 0.25) is 10.0 Å². The number of halogens is 2. The van der Waals surface area contributed by atoms with E-state index in [0.717, 1.165) is 19.4 Å². The van der Waals surface area contributed by atoms with Crippen molar-refractivity contribution in [1.82, 2.24) is 5.32 Å². The van der Waals surface area contributed by atoms with Gasteiger partial charge in [-0.3, -0.25) is 0 Å². The molecule has 1 unspecified atom stereocenters. The average Bonchev–Trinajstić information content (AvgIpc) is 2.38. The Morgan fingerprint density at radius 2 is 1.95 bits per heavy atom. The predicted molar refractivity (Wildman–Crippen MR) is 83.2 cm³/mol. The number of rotatable bonds is 7. The van der Waals surface area contributed by atoms with E-state index in [0.29, 0.717) is 10.0 Å². The molecule has 0 fully saturated rings. The number of hydrogen-bond acceptors (Lipinski definition) is 2. The van der Waals surface area contributed by atoms with Gasteiger partial charge in [0.05, 0.1) is 15.6 Å². The Morgan fingerprint density at radius 1 is 1.26 bits per heavy atom. The zero-order valence-electron chi connectivity index (χ0n) is 12.1. The zero-order valence-corrected chi connectivity index (χ0v) is 13.6. The Hall–Kier alpha value is -0.280. The highest BCUT2D eigenvalue weighted by Gasteiger charge is 2.20. The maximum atomic E-state index is 6.09. The molecule has 1 aromatic carbocycles. The Bertz CT molecular complexity index is 407. The van der Waals surface area contributed by atoms with E-state index in [9.17, 15) is 0 Å². The van der Waals surface area contributed by atoms with Gasteiger partial charge in [-0.25, -0.2) is 0 Å². The van der Waals surface area contributed by atoms with Gasteiger partial charge in [-0.2, -0.15) is 0 Å². The third-order valence-corrected chi connectivity index (χ3v) is 4.12. The van der Waals surface area contributed by atoms with Crippen molar-refractivity contribution in [2.45, 2.75) is 45.3 Å². The van der Waals surface area contributed by atoms with Gasteiger partial charge in [-0.1, -0.05) is 36.2 Å². The number of benzene rings is 1. The minimum Gasteiger partial charge on any atom is -0.379 e. The topological polar surface area (TPSA) is 21.3 Å². The van der Waals surface area contributed by atoms with Crippen LogP contribution in [0.15, 0.2) is 18.2 Å². The second-order valence-electron chi connectivity index (χ2n) is 5.29. The van der Waals surface area contributed by atoms with E-state index in [2.05, 4.69) is 26.1 Å². The van der Waals surface area contributed by atoms with Crippen molar-refractivity contribution in [2.75, 3.05) is 13.7 Å². The highest BCUT2D eigenvalue weighted by molar-refractivity contribution is 6.42. The van der Waals surface area contributed by atoms with Gasteiger partial charge in [0.25, 0.3) is 0 Å². The predicted octanol–water partition coefficient (Wildman–Crippen LogP) is 4.85. The SMILES string of the molecule is CCNC(CCC(C)(C)OC)c1ccc(Cl)c(Cl)c1. The number of methoxy groups -OCH3 is 1. The highest BCUT2D eigenvalue weighted by atomic mass is 35.5. The third-order valence-electron chi connectivity index (χ3n) is 3.38. The maximum Gasteiger partial charge on any atom is 0.0623 e. The molecule has 0 aliphatic rings. The van der Waals surface area contributed by atoms with Crippen LogP contribution in [0.25, 0.3) is 0 Å². The molecule has 1 N–H and O–H groups in total. The van der Waals surface area contributed by atoms with Crippen molar-refractivity contribution >= 4 is 23.2 Å². The summed E-state index contributed by atoms with van der Waals surface area (Å²) in [5.74, 6) is 0. The van der Waals surface area contributed by atoms with Crippen molar-refractivity contribution in [3.05, 3.63) is 33.8 Å². The molecule has 0 saturated carbocycles. The van der Waals surface area contributed by atoms with E-state index in [1.54, 1.807) is 7.11 Å². The van der Waals surface area contributed by atoms with Crippen molar-refractivity contribution < 1.29 is 4.74 Å². The second-order valence-corrected chi connectivity index (χ2v) is 6.10. The van der Waals surface area contributed by atoms with Crippen molar-refractivity contribution in [3.63, 3.8) is 0 Å². The van der Waals surface area contributed by atoms with Crippen LogP contribution >= 0.6 is 23.2 Å². The van der Waals surface area contributed by atoms with Crippen molar-refractivity contribution in [1.29, 1.82) is 0 Å². The molecule has 0 saturated heterocycles. The Labute approximate surface area is 126 Å². The summed E-state index contributed by atoms with van der Waals surface area (Å²) >= 11 is 12.1. The molecule has 1 aromatic rings. The molecule has 19 heavy (non-hydrogen) atoms. The maximum absolute atomic E-state index is 6.09. The van der Waals surface area contributed by atoms with Gasteiger partial charge in [0.15, 0.2) is 0 Å². The number of ether oxygens (including phenoxy) is 1. The van der Waals surface area contributed by atoms with Gasteiger partial charge in [0, 0.05) is 13.2 Å². The molecule has 0 amide bonds. The van der Waals surface area contributed by atoms with Gasteiger partial charge < -0.3 is 10.1 Å². The molecule has 4 heteroatoms. The molecule has 0 aliphatic heterocycles. The second kappa shape index (κ2) is 7.49. The summed E-state index contributed by atoms with van der Waals surface area (Å²) < 4.78 is 5.47. The van der Waals surface area contributed by atoms with E-state index in [1.807, 2.05) is 18.2 Å². The van der Waals surface area contributed by atoms with E-state index < -0.39 is 0 Å². The highest BCUT2D eigenvalue weighted by Crippen LogP contribution is 2.29. The van der Waals surface area contributed by atoms with Gasteiger partial charge >= 0.3 is 0 Å². The molecule has 0 radical (unpaired) electrons. The molecule has 0 spiro atoms. The van der Waals surface area contributed by atoms with Crippen LogP contribution in [0.3, 0.4) is 0 Å². The van der Waals surface area contributed by atoms with Crippen LogP contribution in [-0.2, 0) is 4.74 Å². The first-order chi connectivity index (χ1) is 8.89. The van der Waals surface area contributed by atoms with E-state index >= 15 is 0 Å². The smallest absolute Gasteiger partial charge is 0.0623 e. The Balaban J connectivity index is 2.79. The van der Waals surface area contributed by atoms with Crippen LogP contribution in [0, 0.1) is 0 Å². The lowest BCUT2D eigenvalue weighted by Crippen LogP contribution is -2.27. The lowest BCUT2D eigenvalue weighted by Gasteiger charge is -2.26. The molecule has 0 aromatic heterocycles. The quantitative estimate of drug-likeness (QED) is 0.777. The molecule has 0 aliphatic carbocycles. The Morgan fingerprint density at radius 3 is 2.47 bits per heavy atom. The van der Waals surface area contributed by atoms with Crippen molar-refractivity contribution in [3.8, 4) is 0 Å². The largest absolute Gasteiger partial charge is 0.379 e. The molecule has 108 valence electrons. The van der Waals surface area contributed by atoms with Gasteiger partial charge in [-0.15, -0.1) is 0 Å². The summed E-state index contributed by atoms with van der Waals surface area (Å²) in [4.78, 5) is 0. The van der Waals surface area contributed by atoms with E-state index in [1.165, 1.54) is 5.56 Å². The molecule has 1 atom stereocenters. The summed E-state index contributed by atoms with van der Waals surface area (Å²) in [5, 5.41) is 4.68. The lowest BCUT2D eigenvalue weighted by molar-refractivity contribution is 0.0117. The number of nitrogens with one attached hydrogen (secondary N) is 1. The van der Waals surface area contributed by atoms with Crippen LogP contribution in [0.4, 0.5) is 0 Å². The summed E-state index contributed by atoms with van der Waals surface area (Å²) in [5.41, 5.74) is 1.06. The van der Waals surface area contributed by atoms with Crippen LogP contribution in [0.5, 0.6) is 0 Å². The lowest BCUT2D eigenvalue weighted by atomic mass is 9.95. The van der Waals surface area contributed by atoms with Gasteiger partial charge in [-0.05, 0) is 50.9 Å². The van der Waals surface area contributed by atoms with E-state index in [4.69, 9.17) is 27.9 Å². The first kappa shape index (κ1) is 16.8. The minimum absolute atomic E-state index is 0.107. The molecular weight excluding hydrogens is 281 g/mol. The van der Waals surface area contributed by atoms with Crippen LogP contribution in [0.1, 0.15) is 45.2 Å².